The number of aromatic nitrogens is 2. The molecule has 7 heteroatoms. The molecule has 1 heterocycles. The van der Waals surface area contributed by atoms with Crippen molar-refractivity contribution in [3.63, 3.8) is 0 Å². The molecule has 0 aliphatic rings. The lowest BCUT2D eigenvalue weighted by atomic mass is 10.3. The van der Waals surface area contributed by atoms with Gasteiger partial charge >= 0.3 is 6.03 Å². The fourth-order valence-corrected chi connectivity index (χ4v) is 1.62. The average Bonchev–Trinajstić information content (AvgIpc) is 2.75. The van der Waals surface area contributed by atoms with Gasteiger partial charge in [0.15, 0.2) is 0 Å². The number of fused-ring (bicyclic) bond motifs is 1. The maximum atomic E-state index is 11.3. The van der Waals surface area contributed by atoms with Crippen molar-refractivity contribution in [3.8, 4) is 0 Å². The molecule has 1 aromatic carbocycles. The number of nitrogens with zero attached hydrogens (tertiary/aromatic N) is 2. The standard InChI is InChI=1S/C12H18N6O/c1-18(2)12(19)15-6-5-14-11-16-9-4-3-8(13)7-10(9)17-11/h3-4,7H,5-6,13H2,1-2H3,(H,15,19)(H2,14,16,17). The van der Waals surface area contributed by atoms with Gasteiger partial charge in [0.2, 0.25) is 5.95 Å². The molecule has 0 unspecified atom stereocenters. The van der Waals surface area contributed by atoms with Gasteiger partial charge in [0, 0.05) is 32.9 Å². The van der Waals surface area contributed by atoms with E-state index in [0.29, 0.717) is 24.7 Å². The van der Waals surface area contributed by atoms with Crippen LogP contribution in [-0.4, -0.2) is 48.1 Å². The number of carbonyl (C=O) groups excluding carboxylic acids is 1. The van der Waals surface area contributed by atoms with Gasteiger partial charge in [0.1, 0.15) is 0 Å². The molecule has 2 rings (SSSR count). The smallest absolute Gasteiger partial charge is 0.316 e. The Morgan fingerprint density at radius 2 is 2.21 bits per heavy atom. The zero-order valence-electron chi connectivity index (χ0n) is 11.0. The third-order valence-corrected chi connectivity index (χ3v) is 2.61. The highest BCUT2D eigenvalue weighted by Gasteiger charge is 2.03. The van der Waals surface area contributed by atoms with E-state index in [1.165, 1.54) is 4.90 Å². The number of carbonyl (C=O) groups is 1. The van der Waals surface area contributed by atoms with Crippen LogP contribution in [0.5, 0.6) is 0 Å². The summed E-state index contributed by atoms with van der Waals surface area (Å²) in [6.07, 6.45) is 0. The molecular weight excluding hydrogens is 244 g/mol. The molecule has 0 spiro atoms. The SMILES string of the molecule is CN(C)C(=O)NCCNc1nc2ccc(N)cc2[nH]1. The Balaban J connectivity index is 1.86. The van der Waals surface area contributed by atoms with E-state index >= 15 is 0 Å². The second-order valence-corrected chi connectivity index (χ2v) is 4.42. The first kappa shape index (κ1) is 13.0. The second-order valence-electron chi connectivity index (χ2n) is 4.42. The van der Waals surface area contributed by atoms with Gasteiger partial charge in [-0.2, -0.15) is 0 Å². The number of imidazole rings is 1. The summed E-state index contributed by atoms with van der Waals surface area (Å²) in [4.78, 5) is 20.3. The summed E-state index contributed by atoms with van der Waals surface area (Å²) in [5.41, 5.74) is 8.14. The summed E-state index contributed by atoms with van der Waals surface area (Å²) in [6, 6.07) is 5.39. The van der Waals surface area contributed by atoms with Crippen molar-refractivity contribution in [2.24, 2.45) is 0 Å². The second kappa shape index (κ2) is 5.47. The molecule has 7 nitrogen and oxygen atoms in total. The number of nitrogen functional groups attached to an aromatic ring is 1. The highest BCUT2D eigenvalue weighted by Crippen LogP contribution is 2.16. The van der Waals surface area contributed by atoms with Gasteiger partial charge in [-0.1, -0.05) is 0 Å². The molecule has 2 aromatic rings. The molecule has 0 saturated heterocycles. The van der Waals surface area contributed by atoms with Crippen molar-refractivity contribution in [2.45, 2.75) is 0 Å². The van der Waals surface area contributed by atoms with E-state index in [4.69, 9.17) is 5.73 Å². The van der Waals surface area contributed by atoms with Crippen LogP contribution in [0.1, 0.15) is 0 Å². The Kier molecular flexibility index (Phi) is 3.74. The average molecular weight is 262 g/mol. The van der Waals surface area contributed by atoms with E-state index in [-0.39, 0.29) is 6.03 Å². The highest BCUT2D eigenvalue weighted by molar-refractivity contribution is 5.80. The third kappa shape index (κ3) is 3.27. The first-order chi connectivity index (χ1) is 9.06. The van der Waals surface area contributed by atoms with Crippen molar-refractivity contribution < 1.29 is 4.79 Å². The van der Waals surface area contributed by atoms with Crippen LogP contribution in [0, 0.1) is 0 Å². The summed E-state index contributed by atoms with van der Waals surface area (Å²) < 4.78 is 0. The van der Waals surface area contributed by atoms with Crippen LogP contribution < -0.4 is 16.4 Å². The Labute approximate surface area is 111 Å². The molecule has 0 atom stereocenters. The lowest BCUT2D eigenvalue weighted by molar-refractivity contribution is 0.218. The topological polar surface area (TPSA) is 99.1 Å². The fraction of sp³-hybridized carbons (Fsp3) is 0.333. The molecule has 102 valence electrons. The predicted octanol–water partition coefficient (Wildman–Crippen LogP) is 0.828. The van der Waals surface area contributed by atoms with Crippen LogP contribution >= 0.6 is 0 Å². The van der Waals surface area contributed by atoms with Crippen molar-refractivity contribution in [3.05, 3.63) is 18.2 Å². The third-order valence-electron chi connectivity index (χ3n) is 2.61. The lowest BCUT2D eigenvalue weighted by Crippen LogP contribution is -2.37. The van der Waals surface area contributed by atoms with Crippen LogP contribution in [0.2, 0.25) is 0 Å². The van der Waals surface area contributed by atoms with E-state index in [2.05, 4.69) is 20.6 Å². The number of rotatable bonds is 4. The van der Waals surface area contributed by atoms with Crippen molar-refractivity contribution in [1.82, 2.24) is 20.2 Å². The number of hydrogen-bond donors (Lipinski definition) is 4. The number of hydrogen-bond acceptors (Lipinski definition) is 4. The molecule has 0 bridgehead atoms. The van der Waals surface area contributed by atoms with Crippen LogP contribution in [0.4, 0.5) is 16.4 Å². The first-order valence-electron chi connectivity index (χ1n) is 6.00. The molecule has 0 fully saturated rings. The molecule has 2 amide bonds. The van der Waals surface area contributed by atoms with Crippen molar-refractivity contribution in [2.75, 3.05) is 38.2 Å². The summed E-state index contributed by atoms with van der Waals surface area (Å²) >= 11 is 0. The number of benzene rings is 1. The monoisotopic (exact) mass is 262 g/mol. The molecule has 0 radical (unpaired) electrons. The minimum absolute atomic E-state index is 0.112. The van der Waals surface area contributed by atoms with Gasteiger partial charge in [0.25, 0.3) is 0 Å². The molecule has 0 saturated carbocycles. The molecule has 0 aliphatic carbocycles. The predicted molar refractivity (Wildman–Crippen MR) is 76.1 cm³/mol. The molecule has 19 heavy (non-hydrogen) atoms. The summed E-state index contributed by atoms with van der Waals surface area (Å²) in [6.45, 7) is 1.12. The zero-order valence-corrected chi connectivity index (χ0v) is 11.0. The van der Waals surface area contributed by atoms with Crippen molar-refractivity contribution in [1.29, 1.82) is 0 Å². The Morgan fingerprint density at radius 3 is 2.95 bits per heavy atom. The summed E-state index contributed by atoms with van der Waals surface area (Å²) in [7, 11) is 3.40. The Hall–Kier alpha value is -2.44. The molecule has 5 N–H and O–H groups in total. The number of nitrogens with two attached hydrogens (primary N) is 1. The van der Waals surface area contributed by atoms with Crippen LogP contribution in [0.3, 0.4) is 0 Å². The Bertz CT molecular complexity index is 577. The van der Waals surface area contributed by atoms with E-state index in [0.717, 1.165) is 11.0 Å². The van der Waals surface area contributed by atoms with E-state index < -0.39 is 0 Å². The number of aromatic amines is 1. The quantitative estimate of drug-likeness (QED) is 0.484. The summed E-state index contributed by atoms with van der Waals surface area (Å²) in [5, 5.41) is 5.87. The zero-order chi connectivity index (χ0) is 13.8. The van der Waals surface area contributed by atoms with Gasteiger partial charge in [-0.15, -0.1) is 0 Å². The summed E-state index contributed by atoms with van der Waals surface area (Å²) in [5.74, 6) is 0.666. The van der Waals surface area contributed by atoms with Crippen LogP contribution in [-0.2, 0) is 0 Å². The Morgan fingerprint density at radius 1 is 1.42 bits per heavy atom. The van der Waals surface area contributed by atoms with Gasteiger partial charge in [-0.25, -0.2) is 9.78 Å². The largest absolute Gasteiger partial charge is 0.399 e. The number of nitrogens with one attached hydrogen (secondary N) is 3. The van der Waals surface area contributed by atoms with E-state index in [1.807, 2.05) is 18.2 Å². The number of amides is 2. The lowest BCUT2D eigenvalue weighted by Gasteiger charge is -2.11. The van der Waals surface area contributed by atoms with Crippen LogP contribution in [0.25, 0.3) is 11.0 Å². The van der Waals surface area contributed by atoms with Gasteiger partial charge < -0.3 is 26.3 Å². The minimum atomic E-state index is -0.112. The maximum absolute atomic E-state index is 11.3. The van der Waals surface area contributed by atoms with Gasteiger partial charge in [-0.3, -0.25) is 0 Å². The molecular formula is C12H18N6O. The number of H-pyrrole nitrogens is 1. The molecule has 1 aromatic heterocycles. The van der Waals surface area contributed by atoms with E-state index in [1.54, 1.807) is 14.1 Å². The van der Waals surface area contributed by atoms with Gasteiger partial charge in [0.05, 0.1) is 11.0 Å². The van der Waals surface area contributed by atoms with Crippen molar-refractivity contribution >= 4 is 28.7 Å². The van der Waals surface area contributed by atoms with Gasteiger partial charge in [-0.05, 0) is 18.2 Å². The van der Waals surface area contributed by atoms with Crippen LogP contribution in [0.15, 0.2) is 18.2 Å². The first-order valence-corrected chi connectivity index (χ1v) is 6.00. The normalized spacial score (nSPS) is 10.4. The highest BCUT2D eigenvalue weighted by atomic mass is 16.2. The maximum Gasteiger partial charge on any atom is 0.316 e. The number of anilines is 2. The minimum Gasteiger partial charge on any atom is -0.399 e. The fourth-order valence-electron chi connectivity index (χ4n) is 1.62. The molecule has 0 aliphatic heterocycles. The van der Waals surface area contributed by atoms with E-state index in [9.17, 15) is 4.79 Å². The number of urea groups is 1.